The lowest BCUT2D eigenvalue weighted by atomic mass is 9.96. The van der Waals surface area contributed by atoms with Gasteiger partial charge in [-0.2, -0.15) is 5.26 Å². The molecule has 23 heavy (non-hydrogen) atoms. The molecular formula is C18H15N3O2. The van der Waals surface area contributed by atoms with Crippen LogP contribution in [-0.4, -0.2) is 12.1 Å². The number of methoxy groups -OCH3 is 1. The van der Waals surface area contributed by atoms with Gasteiger partial charge in [0.2, 0.25) is 0 Å². The molecule has 0 saturated carbocycles. The van der Waals surface area contributed by atoms with Crippen molar-refractivity contribution in [1.29, 1.82) is 5.26 Å². The van der Waals surface area contributed by atoms with E-state index in [9.17, 15) is 5.26 Å². The highest BCUT2D eigenvalue weighted by atomic mass is 16.5. The first-order valence-electron chi connectivity index (χ1n) is 7.04. The number of nitriles is 1. The summed E-state index contributed by atoms with van der Waals surface area (Å²) in [5.41, 5.74) is 9.46. The molecule has 0 radical (unpaired) electrons. The van der Waals surface area contributed by atoms with Crippen LogP contribution in [-0.2, 0) is 0 Å². The van der Waals surface area contributed by atoms with Gasteiger partial charge in [0.25, 0.3) is 0 Å². The third kappa shape index (κ3) is 2.51. The van der Waals surface area contributed by atoms with Gasteiger partial charge < -0.3 is 14.9 Å². The fraction of sp³-hybridized carbons (Fsp3) is 0.111. The number of benzene rings is 1. The SMILES string of the molecule is COc1ccc(-c2nc(N)c(C#N)c(-c3ccco3)c2C)cc1. The topological polar surface area (TPSA) is 85.1 Å². The van der Waals surface area contributed by atoms with Crippen LogP contribution in [0.3, 0.4) is 0 Å². The van der Waals surface area contributed by atoms with Crippen molar-refractivity contribution >= 4 is 5.82 Å². The van der Waals surface area contributed by atoms with Crippen LogP contribution in [0.25, 0.3) is 22.6 Å². The van der Waals surface area contributed by atoms with Crippen LogP contribution in [0, 0.1) is 18.3 Å². The Morgan fingerprint density at radius 2 is 1.96 bits per heavy atom. The highest BCUT2D eigenvalue weighted by Gasteiger charge is 2.19. The summed E-state index contributed by atoms with van der Waals surface area (Å²) >= 11 is 0. The summed E-state index contributed by atoms with van der Waals surface area (Å²) in [6.07, 6.45) is 1.57. The maximum absolute atomic E-state index is 9.42. The summed E-state index contributed by atoms with van der Waals surface area (Å²) in [4.78, 5) is 4.41. The second kappa shape index (κ2) is 5.85. The zero-order valence-electron chi connectivity index (χ0n) is 12.8. The van der Waals surface area contributed by atoms with Crippen molar-refractivity contribution in [3.05, 3.63) is 53.8 Å². The van der Waals surface area contributed by atoms with Crippen LogP contribution in [0.2, 0.25) is 0 Å². The van der Waals surface area contributed by atoms with E-state index >= 15 is 0 Å². The molecular weight excluding hydrogens is 290 g/mol. The van der Waals surface area contributed by atoms with Crippen LogP contribution in [0.1, 0.15) is 11.1 Å². The molecule has 5 nitrogen and oxygen atoms in total. The van der Waals surface area contributed by atoms with E-state index in [-0.39, 0.29) is 5.82 Å². The number of hydrogen-bond acceptors (Lipinski definition) is 5. The van der Waals surface area contributed by atoms with Gasteiger partial charge in [-0.15, -0.1) is 0 Å². The molecule has 0 spiro atoms. The van der Waals surface area contributed by atoms with Crippen molar-refractivity contribution in [3.63, 3.8) is 0 Å². The lowest BCUT2D eigenvalue weighted by Crippen LogP contribution is -2.03. The number of nitrogen functional groups attached to an aromatic ring is 1. The molecule has 0 bridgehead atoms. The summed E-state index contributed by atoms with van der Waals surface area (Å²) in [5.74, 6) is 1.55. The molecule has 0 aliphatic rings. The average Bonchev–Trinajstić information content (AvgIpc) is 3.10. The molecule has 2 N–H and O–H groups in total. The maximum Gasteiger partial charge on any atom is 0.142 e. The Morgan fingerprint density at radius 3 is 2.52 bits per heavy atom. The van der Waals surface area contributed by atoms with Gasteiger partial charge in [0.15, 0.2) is 0 Å². The predicted octanol–water partition coefficient (Wildman–Crippen LogP) is 3.78. The van der Waals surface area contributed by atoms with Crippen molar-refractivity contribution in [1.82, 2.24) is 4.98 Å². The summed E-state index contributed by atoms with van der Waals surface area (Å²) in [5, 5.41) is 9.42. The summed E-state index contributed by atoms with van der Waals surface area (Å²) < 4.78 is 10.6. The van der Waals surface area contributed by atoms with Gasteiger partial charge in [0.05, 0.1) is 19.1 Å². The standard InChI is InChI=1S/C18H15N3O2/c1-11-16(15-4-3-9-23-15)14(10-19)18(20)21-17(11)12-5-7-13(22-2)8-6-12/h3-9H,1-2H3,(H2,20,21). The monoisotopic (exact) mass is 305 g/mol. The Kier molecular flexibility index (Phi) is 3.73. The fourth-order valence-corrected chi connectivity index (χ4v) is 2.57. The molecule has 0 aliphatic heterocycles. The number of nitrogens with two attached hydrogens (primary N) is 1. The molecule has 3 aromatic rings. The minimum atomic E-state index is 0.190. The number of aromatic nitrogens is 1. The Morgan fingerprint density at radius 1 is 1.22 bits per heavy atom. The molecule has 0 fully saturated rings. The van der Waals surface area contributed by atoms with Crippen LogP contribution in [0.4, 0.5) is 5.82 Å². The Hall–Kier alpha value is -3.26. The van der Waals surface area contributed by atoms with Gasteiger partial charge in [-0.1, -0.05) is 0 Å². The smallest absolute Gasteiger partial charge is 0.142 e. The van der Waals surface area contributed by atoms with E-state index in [1.165, 1.54) is 0 Å². The number of ether oxygens (including phenoxy) is 1. The van der Waals surface area contributed by atoms with Gasteiger partial charge in [-0.25, -0.2) is 4.98 Å². The number of nitrogens with zero attached hydrogens (tertiary/aromatic N) is 2. The van der Waals surface area contributed by atoms with Gasteiger partial charge >= 0.3 is 0 Å². The van der Waals surface area contributed by atoms with Gasteiger partial charge in [0, 0.05) is 11.1 Å². The number of pyridine rings is 1. The highest BCUT2D eigenvalue weighted by Crippen LogP contribution is 2.36. The summed E-state index contributed by atoms with van der Waals surface area (Å²) in [6, 6.07) is 13.2. The summed E-state index contributed by atoms with van der Waals surface area (Å²) in [7, 11) is 1.62. The van der Waals surface area contributed by atoms with Crippen LogP contribution < -0.4 is 10.5 Å². The average molecular weight is 305 g/mol. The maximum atomic E-state index is 9.42. The lowest BCUT2D eigenvalue weighted by Gasteiger charge is -2.13. The number of anilines is 1. The minimum Gasteiger partial charge on any atom is -0.497 e. The van der Waals surface area contributed by atoms with Crippen molar-refractivity contribution in [2.24, 2.45) is 0 Å². The first kappa shape index (κ1) is 14.7. The van der Waals surface area contributed by atoms with E-state index in [1.807, 2.05) is 31.2 Å². The normalized spacial score (nSPS) is 10.3. The second-order valence-corrected chi connectivity index (χ2v) is 5.04. The quantitative estimate of drug-likeness (QED) is 0.796. The predicted molar refractivity (Wildman–Crippen MR) is 87.8 cm³/mol. The number of furan rings is 1. The fourth-order valence-electron chi connectivity index (χ4n) is 2.57. The molecule has 3 rings (SSSR count). The third-order valence-corrected chi connectivity index (χ3v) is 3.71. The Bertz CT molecular complexity index is 876. The summed E-state index contributed by atoms with van der Waals surface area (Å²) in [6.45, 7) is 1.91. The van der Waals surface area contributed by atoms with E-state index in [2.05, 4.69) is 11.1 Å². The van der Waals surface area contributed by atoms with E-state index < -0.39 is 0 Å². The molecule has 1 aromatic carbocycles. The number of rotatable bonds is 3. The molecule has 5 heteroatoms. The first-order valence-corrected chi connectivity index (χ1v) is 7.04. The van der Waals surface area contributed by atoms with Gasteiger partial charge in [0.1, 0.15) is 29.0 Å². The third-order valence-electron chi connectivity index (χ3n) is 3.71. The van der Waals surface area contributed by atoms with Crippen molar-refractivity contribution < 1.29 is 9.15 Å². The van der Waals surface area contributed by atoms with E-state index in [1.54, 1.807) is 25.5 Å². The van der Waals surface area contributed by atoms with E-state index in [0.29, 0.717) is 16.9 Å². The number of hydrogen-bond donors (Lipinski definition) is 1. The van der Waals surface area contributed by atoms with Crippen LogP contribution >= 0.6 is 0 Å². The highest BCUT2D eigenvalue weighted by molar-refractivity contribution is 5.82. The van der Waals surface area contributed by atoms with Crippen LogP contribution in [0.5, 0.6) is 5.75 Å². The Labute approximate surface area is 134 Å². The van der Waals surface area contributed by atoms with Crippen LogP contribution in [0.15, 0.2) is 47.1 Å². The van der Waals surface area contributed by atoms with Crippen molar-refractivity contribution in [2.75, 3.05) is 12.8 Å². The zero-order valence-corrected chi connectivity index (χ0v) is 12.8. The molecule has 0 saturated heterocycles. The Balaban J connectivity index is 2.25. The second-order valence-electron chi connectivity index (χ2n) is 5.04. The van der Waals surface area contributed by atoms with E-state index in [4.69, 9.17) is 14.9 Å². The van der Waals surface area contributed by atoms with Crippen molar-refractivity contribution in [3.8, 4) is 34.4 Å². The molecule has 2 heterocycles. The largest absolute Gasteiger partial charge is 0.497 e. The zero-order chi connectivity index (χ0) is 16.4. The van der Waals surface area contributed by atoms with Gasteiger partial charge in [-0.05, 0) is 48.9 Å². The molecule has 0 atom stereocenters. The van der Waals surface area contributed by atoms with Gasteiger partial charge in [-0.3, -0.25) is 0 Å². The lowest BCUT2D eigenvalue weighted by molar-refractivity contribution is 0.415. The van der Waals surface area contributed by atoms with Crippen molar-refractivity contribution in [2.45, 2.75) is 6.92 Å². The molecule has 0 aliphatic carbocycles. The molecule has 0 amide bonds. The first-order chi connectivity index (χ1) is 11.2. The minimum absolute atomic E-state index is 0.190. The van der Waals surface area contributed by atoms with E-state index in [0.717, 1.165) is 22.6 Å². The molecule has 114 valence electrons. The molecule has 2 aromatic heterocycles. The molecule has 0 unspecified atom stereocenters.